The van der Waals surface area contributed by atoms with Gasteiger partial charge in [0.2, 0.25) is 0 Å². The average molecular weight is 223 g/mol. The van der Waals surface area contributed by atoms with Gasteiger partial charge in [0.25, 0.3) is 0 Å². The molecule has 80 valence electrons. The zero-order valence-corrected chi connectivity index (χ0v) is 9.46. The van der Waals surface area contributed by atoms with Crippen molar-refractivity contribution in [3.05, 3.63) is 29.3 Å². The third-order valence-electron chi connectivity index (χ3n) is 3.31. The lowest BCUT2D eigenvalue weighted by atomic mass is 10.0. The van der Waals surface area contributed by atoms with Gasteiger partial charge in [0, 0.05) is 6.42 Å². The van der Waals surface area contributed by atoms with Crippen molar-refractivity contribution in [3.8, 4) is 5.75 Å². The molecule has 1 aromatic rings. The largest absolute Gasteiger partial charge is 0.493 e. The molecule has 1 nitrogen and oxygen atoms in total. The average Bonchev–Trinajstić information content (AvgIpc) is 2.94. The number of hydrogen-bond acceptors (Lipinski definition) is 1. The van der Waals surface area contributed by atoms with Gasteiger partial charge in [-0.05, 0) is 29.5 Å². The molecular weight excluding hydrogens is 208 g/mol. The Labute approximate surface area is 95.4 Å². The predicted octanol–water partition coefficient (Wildman–Crippen LogP) is 3.70. The van der Waals surface area contributed by atoms with Crippen LogP contribution in [0.15, 0.2) is 18.2 Å². The first-order valence-corrected chi connectivity index (χ1v) is 6.16. The summed E-state index contributed by atoms with van der Waals surface area (Å²) in [6.45, 7) is 0.828. The summed E-state index contributed by atoms with van der Waals surface area (Å²) in [6.07, 6.45) is 4.92. The van der Waals surface area contributed by atoms with E-state index in [2.05, 4.69) is 18.2 Å². The molecule has 0 bridgehead atoms. The van der Waals surface area contributed by atoms with Crippen molar-refractivity contribution in [1.29, 1.82) is 0 Å². The molecular formula is C13H15ClO. The van der Waals surface area contributed by atoms with Gasteiger partial charge in [-0.2, -0.15) is 0 Å². The highest BCUT2D eigenvalue weighted by Crippen LogP contribution is 2.41. The number of ether oxygens (including phenoxy) is 1. The maximum atomic E-state index is 6.40. The smallest absolute Gasteiger partial charge is 0.122 e. The summed E-state index contributed by atoms with van der Waals surface area (Å²) >= 11 is 6.40. The Bertz CT molecular complexity index is 371. The Morgan fingerprint density at radius 1 is 1.40 bits per heavy atom. The van der Waals surface area contributed by atoms with Gasteiger partial charge in [0.05, 0.1) is 12.0 Å². The van der Waals surface area contributed by atoms with E-state index in [-0.39, 0.29) is 5.38 Å². The number of fused-ring (bicyclic) bond motifs is 1. The Morgan fingerprint density at radius 3 is 3.07 bits per heavy atom. The van der Waals surface area contributed by atoms with Crippen LogP contribution in [0.1, 0.15) is 35.8 Å². The summed E-state index contributed by atoms with van der Waals surface area (Å²) in [4.78, 5) is 0. The summed E-state index contributed by atoms with van der Waals surface area (Å²) in [5.41, 5.74) is 2.60. The highest BCUT2D eigenvalue weighted by atomic mass is 35.5. The minimum absolute atomic E-state index is 0.198. The monoisotopic (exact) mass is 222 g/mol. The van der Waals surface area contributed by atoms with Crippen LogP contribution in [0.5, 0.6) is 5.75 Å². The second kappa shape index (κ2) is 3.71. The van der Waals surface area contributed by atoms with E-state index < -0.39 is 0 Å². The molecule has 0 N–H and O–H groups in total. The van der Waals surface area contributed by atoms with Crippen LogP contribution in [0.3, 0.4) is 0 Å². The van der Waals surface area contributed by atoms with Crippen LogP contribution >= 0.6 is 11.6 Å². The van der Waals surface area contributed by atoms with Crippen molar-refractivity contribution in [3.63, 3.8) is 0 Å². The van der Waals surface area contributed by atoms with Gasteiger partial charge in [-0.1, -0.05) is 25.0 Å². The second-order valence-corrected chi connectivity index (χ2v) is 5.14. The van der Waals surface area contributed by atoms with Gasteiger partial charge in [-0.15, -0.1) is 11.6 Å². The number of alkyl halides is 1. The summed E-state index contributed by atoms with van der Waals surface area (Å²) in [6, 6.07) is 6.41. The Hall–Kier alpha value is -0.690. The lowest BCUT2D eigenvalue weighted by Crippen LogP contribution is -1.93. The van der Waals surface area contributed by atoms with Crippen LogP contribution in [0.2, 0.25) is 0 Å². The summed E-state index contributed by atoms with van der Waals surface area (Å²) in [5.74, 6) is 1.94. The molecule has 0 aromatic heterocycles. The summed E-state index contributed by atoms with van der Waals surface area (Å²) in [7, 11) is 0. The molecule has 0 amide bonds. The molecule has 1 saturated carbocycles. The minimum atomic E-state index is 0.198. The summed E-state index contributed by atoms with van der Waals surface area (Å²) in [5, 5.41) is 0.198. The fraction of sp³-hybridized carbons (Fsp3) is 0.538. The number of hydrogen-bond donors (Lipinski definition) is 0. The first kappa shape index (κ1) is 9.53. The van der Waals surface area contributed by atoms with Gasteiger partial charge in [0.1, 0.15) is 5.75 Å². The topological polar surface area (TPSA) is 9.23 Å². The third kappa shape index (κ3) is 1.98. The van der Waals surface area contributed by atoms with Crippen molar-refractivity contribution in [2.75, 3.05) is 6.61 Å². The third-order valence-corrected chi connectivity index (χ3v) is 3.74. The lowest BCUT2D eigenvalue weighted by molar-refractivity contribution is 0.357. The zero-order valence-electron chi connectivity index (χ0n) is 8.71. The Balaban J connectivity index is 1.78. The molecule has 1 aliphatic carbocycles. The summed E-state index contributed by atoms with van der Waals surface area (Å²) < 4.78 is 5.48. The van der Waals surface area contributed by atoms with Crippen LogP contribution in [0.25, 0.3) is 0 Å². The molecule has 1 atom stereocenters. The highest BCUT2D eigenvalue weighted by Gasteiger charge is 2.25. The van der Waals surface area contributed by atoms with E-state index in [1.165, 1.54) is 24.0 Å². The molecule has 2 aliphatic rings. The highest BCUT2D eigenvalue weighted by molar-refractivity contribution is 6.20. The SMILES string of the molecule is ClC(CC1CC1)c1ccc2c(c1)CCO2. The van der Waals surface area contributed by atoms with Crippen molar-refractivity contribution in [1.82, 2.24) is 0 Å². The first-order valence-electron chi connectivity index (χ1n) is 5.72. The molecule has 1 aromatic carbocycles. The van der Waals surface area contributed by atoms with Gasteiger partial charge in [-0.25, -0.2) is 0 Å². The van der Waals surface area contributed by atoms with E-state index in [4.69, 9.17) is 16.3 Å². The van der Waals surface area contributed by atoms with Crippen LogP contribution in [0.4, 0.5) is 0 Å². The Kier molecular flexibility index (Phi) is 2.36. The number of halogens is 1. The number of benzene rings is 1. The van der Waals surface area contributed by atoms with Crippen molar-refractivity contribution in [2.45, 2.75) is 31.1 Å². The van der Waals surface area contributed by atoms with E-state index in [0.29, 0.717) is 0 Å². The van der Waals surface area contributed by atoms with Crippen LogP contribution < -0.4 is 4.74 Å². The zero-order chi connectivity index (χ0) is 10.3. The van der Waals surface area contributed by atoms with Crippen molar-refractivity contribution in [2.24, 2.45) is 5.92 Å². The molecule has 0 spiro atoms. The lowest BCUT2D eigenvalue weighted by Gasteiger charge is -2.10. The fourth-order valence-electron chi connectivity index (χ4n) is 2.18. The molecule has 0 saturated heterocycles. The van der Waals surface area contributed by atoms with Crippen LogP contribution in [-0.2, 0) is 6.42 Å². The van der Waals surface area contributed by atoms with E-state index in [9.17, 15) is 0 Å². The quantitative estimate of drug-likeness (QED) is 0.709. The van der Waals surface area contributed by atoms with Crippen molar-refractivity contribution < 1.29 is 4.74 Å². The van der Waals surface area contributed by atoms with Gasteiger partial charge >= 0.3 is 0 Å². The molecule has 0 radical (unpaired) electrons. The van der Waals surface area contributed by atoms with Gasteiger partial charge in [0.15, 0.2) is 0 Å². The van der Waals surface area contributed by atoms with Gasteiger partial charge in [-0.3, -0.25) is 0 Å². The predicted molar refractivity (Wildman–Crippen MR) is 61.6 cm³/mol. The van der Waals surface area contributed by atoms with Crippen LogP contribution in [0, 0.1) is 5.92 Å². The maximum Gasteiger partial charge on any atom is 0.122 e. The normalized spacial score (nSPS) is 20.9. The van der Waals surface area contributed by atoms with Crippen molar-refractivity contribution >= 4 is 11.6 Å². The first-order chi connectivity index (χ1) is 7.33. The molecule has 1 unspecified atom stereocenters. The molecule has 15 heavy (non-hydrogen) atoms. The molecule has 1 aliphatic heterocycles. The van der Waals surface area contributed by atoms with E-state index in [0.717, 1.165) is 31.1 Å². The minimum Gasteiger partial charge on any atom is -0.493 e. The standard InChI is InChI=1S/C13H15ClO/c14-12(7-9-1-2-9)10-3-4-13-11(8-10)5-6-15-13/h3-4,8-9,12H,1-2,5-7H2. The van der Waals surface area contributed by atoms with E-state index >= 15 is 0 Å². The van der Waals surface area contributed by atoms with Crippen LogP contribution in [-0.4, -0.2) is 6.61 Å². The fourth-order valence-corrected chi connectivity index (χ4v) is 2.57. The molecule has 1 heterocycles. The maximum absolute atomic E-state index is 6.40. The van der Waals surface area contributed by atoms with E-state index in [1.54, 1.807) is 0 Å². The second-order valence-electron chi connectivity index (χ2n) is 4.61. The molecule has 3 rings (SSSR count). The Morgan fingerprint density at radius 2 is 2.27 bits per heavy atom. The van der Waals surface area contributed by atoms with Gasteiger partial charge < -0.3 is 4.74 Å². The molecule has 1 fully saturated rings. The number of rotatable bonds is 3. The molecule has 2 heteroatoms. The van der Waals surface area contributed by atoms with E-state index in [1.807, 2.05) is 0 Å².